The van der Waals surface area contributed by atoms with E-state index in [-0.39, 0.29) is 17.6 Å². The number of likely N-dealkylation sites (tertiary alicyclic amines) is 1. The molecule has 9 heteroatoms. The maximum absolute atomic E-state index is 12.4. The third kappa shape index (κ3) is 6.84. The molecular formula is C21H30N6O2S. The number of nitrogens with zero attached hydrogens (tertiary/aromatic N) is 4. The zero-order valence-electron chi connectivity index (χ0n) is 17.6. The second-order valence-corrected chi connectivity index (χ2v) is 8.72. The van der Waals surface area contributed by atoms with Crippen LogP contribution in [-0.4, -0.2) is 63.4 Å². The zero-order valence-corrected chi connectivity index (χ0v) is 18.5. The lowest BCUT2D eigenvalue weighted by molar-refractivity contribution is -0.113. The maximum atomic E-state index is 12.4. The lowest BCUT2D eigenvalue weighted by atomic mass is 9.99. The fourth-order valence-corrected chi connectivity index (χ4v) is 4.05. The van der Waals surface area contributed by atoms with Crippen molar-refractivity contribution in [2.45, 2.75) is 31.3 Å². The van der Waals surface area contributed by atoms with Gasteiger partial charge in [-0.05, 0) is 63.0 Å². The Morgan fingerprint density at radius 3 is 2.80 bits per heavy atom. The highest BCUT2D eigenvalue weighted by molar-refractivity contribution is 7.99. The van der Waals surface area contributed by atoms with Gasteiger partial charge in [0.2, 0.25) is 5.91 Å². The molecule has 0 spiro atoms. The van der Waals surface area contributed by atoms with Gasteiger partial charge in [-0.3, -0.25) is 9.59 Å². The Morgan fingerprint density at radius 2 is 2.07 bits per heavy atom. The Labute approximate surface area is 181 Å². The SMILES string of the molecule is CC1CCN(CCCNC(=O)c2cccc(NC(=O)CSc3nncn3C)c2)CC1. The molecule has 3 rings (SSSR count). The van der Waals surface area contributed by atoms with E-state index in [4.69, 9.17) is 0 Å². The normalized spacial score (nSPS) is 15.1. The molecule has 0 saturated carbocycles. The predicted octanol–water partition coefficient (Wildman–Crippen LogP) is 2.40. The first-order valence-electron chi connectivity index (χ1n) is 10.4. The molecule has 0 radical (unpaired) electrons. The number of hydrogen-bond acceptors (Lipinski definition) is 6. The fraction of sp³-hybridized carbons (Fsp3) is 0.524. The van der Waals surface area contributed by atoms with E-state index in [1.165, 1.54) is 24.6 Å². The van der Waals surface area contributed by atoms with Crippen LogP contribution >= 0.6 is 11.8 Å². The molecule has 1 saturated heterocycles. The summed E-state index contributed by atoms with van der Waals surface area (Å²) in [4.78, 5) is 27.1. The van der Waals surface area contributed by atoms with Crippen molar-refractivity contribution in [3.05, 3.63) is 36.2 Å². The minimum atomic E-state index is -0.156. The van der Waals surface area contributed by atoms with Crippen molar-refractivity contribution >= 4 is 29.3 Å². The van der Waals surface area contributed by atoms with E-state index in [0.717, 1.165) is 32.0 Å². The molecule has 1 aromatic carbocycles. The van der Waals surface area contributed by atoms with Crippen LogP contribution in [0.4, 0.5) is 5.69 Å². The summed E-state index contributed by atoms with van der Waals surface area (Å²) < 4.78 is 1.76. The highest BCUT2D eigenvalue weighted by atomic mass is 32.2. The maximum Gasteiger partial charge on any atom is 0.251 e. The molecule has 2 N–H and O–H groups in total. The first-order chi connectivity index (χ1) is 14.5. The molecule has 1 aliphatic heterocycles. The molecule has 2 aromatic rings. The van der Waals surface area contributed by atoms with Crippen LogP contribution < -0.4 is 10.6 Å². The Balaban J connectivity index is 1.39. The van der Waals surface area contributed by atoms with Crippen LogP contribution in [0.2, 0.25) is 0 Å². The second-order valence-electron chi connectivity index (χ2n) is 7.78. The molecule has 1 aliphatic rings. The van der Waals surface area contributed by atoms with Gasteiger partial charge in [0, 0.05) is 24.8 Å². The van der Waals surface area contributed by atoms with E-state index < -0.39 is 0 Å². The molecule has 0 unspecified atom stereocenters. The molecule has 2 amide bonds. The summed E-state index contributed by atoms with van der Waals surface area (Å²) in [6.45, 7) is 6.30. The van der Waals surface area contributed by atoms with E-state index in [2.05, 4.69) is 32.7 Å². The standard InChI is InChI=1S/C21H30N6O2S/c1-16-7-11-27(12-8-16)10-4-9-22-20(29)17-5-3-6-18(13-17)24-19(28)14-30-21-25-23-15-26(21)2/h3,5-6,13,15-16H,4,7-12,14H2,1-2H3,(H,22,29)(H,24,28). The van der Waals surface area contributed by atoms with Crippen LogP contribution in [0, 0.1) is 5.92 Å². The topological polar surface area (TPSA) is 92.2 Å². The summed E-state index contributed by atoms with van der Waals surface area (Å²) in [7, 11) is 1.83. The molecule has 2 heterocycles. The van der Waals surface area contributed by atoms with Crippen LogP contribution in [0.25, 0.3) is 0 Å². The summed E-state index contributed by atoms with van der Waals surface area (Å²) in [5.41, 5.74) is 1.15. The van der Waals surface area contributed by atoms with Crippen molar-refractivity contribution in [3.8, 4) is 0 Å². The van der Waals surface area contributed by atoms with Crippen LogP contribution in [0.15, 0.2) is 35.7 Å². The van der Waals surface area contributed by atoms with Crippen molar-refractivity contribution in [2.24, 2.45) is 13.0 Å². The lowest BCUT2D eigenvalue weighted by Crippen LogP contribution is -2.35. The molecule has 0 atom stereocenters. The molecular weight excluding hydrogens is 400 g/mol. The predicted molar refractivity (Wildman–Crippen MR) is 119 cm³/mol. The molecule has 1 fully saturated rings. The minimum absolute atomic E-state index is 0.119. The van der Waals surface area contributed by atoms with Gasteiger partial charge in [0.05, 0.1) is 5.75 Å². The number of piperidine rings is 1. The first-order valence-corrected chi connectivity index (χ1v) is 11.4. The van der Waals surface area contributed by atoms with Crippen LogP contribution in [0.5, 0.6) is 0 Å². The average molecular weight is 431 g/mol. The third-order valence-electron chi connectivity index (χ3n) is 5.22. The van der Waals surface area contributed by atoms with E-state index in [0.29, 0.717) is 23.0 Å². The Morgan fingerprint density at radius 1 is 1.27 bits per heavy atom. The molecule has 0 aliphatic carbocycles. The molecule has 30 heavy (non-hydrogen) atoms. The number of anilines is 1. The number of carbonyl (C=O) groups excluding carboxylic acids is 2. The number of rotatable bonds is 9. The van der Waals surface area contributed by atoms with E-state index in [9.17, 15) is 9.59 Å². The summed E-state index contributed by atoms with van der Waals surface area (Å²) in [6, 6.07) is 7.01. The van der Waals surface area contributed by atoms with Crippen molar-refractivity contribution in [1.82, 2.24) is 25.0 Å². The van der Waals surface area contributed by atoms with Crippen molar-refractivity contribution in [1.29, 1.82) is 0 Å². The van der Waals surface area contributed by atoms with E-state index >= 15 is 0 Å². The number of aryl methyl sites for hydroxylation is 1. The van der Waals surface area contributed by atoms with Gasteiger partial charge in [0.25, 0.3) is 5.91 Å². The molecule has 0 bridgehead atoms. The van der Waals surface area contributed by atoms with Gasteiger partial charge in [0.1, 0.15) is 6.33 Å². The number of amides is 2. The average Bonchev–Trinajstić information content (AvgIpc) is 3.16. The highest BCUT2D eigenvalue weighted by Crippen LogP contribution is 2.16. The first kappa shape index (κ1) is 22.3. The monoisotopic (exact) mass is 430 g/mol. The van der Waals surface area contributed by atoms with Gasteiger partial charge < -0.3 is 20.1 Å². The minimum Gasteiger partial charge on any atom is -0.352 e. The number of hydrogen-bond donors (Lipinski definition) is 2. The third-order valence-corrected chi connectivity index (χ3v) is 6.26. The zero-order chi connectivity index (χ0) is 21.3. The van der Waals surface area contributed by atoms with Crippen molar-refractivity contribution in [2.75, 3.05) is 37.2 Å². The number of thioether (sulfide) groups is 1. The van der Waals surface area contributed by atoms with Gasteiger partial charge in [-0.15, -0.1) is 10.2 Å². The summed E-state index contributed by atoms with van der Waals surface area (Å²) in [6.07, 6.45) is 5.06. The van der Waals surface area contributed by atoms with Crippen LogP contribution in [0.3, 0.4) is 0 Å². The van der Waals surface area contributed by atoms with E-state index in [1.54, 1.807) is 35.2 Å². The summed E-state index contributed by atoms with van der Waals surface area (Å²) >= 11 is 1.31. The Bertz CT molecular complexity index is 848. The Kier molecular flexibility index (Phi) is 8.27. The molecule has 1 aromatic heterocycles. The molecule has 162 valence electrons. The fourth-order valence-electron chi connectivity index (χ4n) is 3.36. The van der Waals surface area contributed by atoms with Gasteiger partial charge in [-0.25, -0.2) is 0 Å². The van der Waals surface area contributed by atoms with Gasteiger partial charge in [-0.2, -0.15) is 0 Å². The van der Waals surface area contributed by atoms with Crippen LogP contribution in [0.1, 0.15) is 36.5 Å². The van der Waals surface area contributed by atoms with Gasteiger partial charge in [0.15, 0.2) is 5.16 Å². The number of nitrogens with one attached hydrogen (secondary N) is 2. The smallest absolute Gasteiger partial charge is 0.251 e. The van der Waals surface area contributed by atoms with Crippen molar-refractivity contribution in [3.63, 3.8) is 0 Å². The summed E-state index contributed by atoms with van der Waals surface area (Å²) in [5, 5.41) is 14.2. The van der Waals surface area contributed by atoms with Gasteiger partial charge in [-0.1, -0.05) is 24.8 Å². The van der Waals surface area contributed by atoms with Crippen molar-refractivity contribution < 1.29 is 9.59 Å². The second kappa shape index (κ2) is 11.1. The number of carbonyl (C=O) groups is 2. The highest BCUT2D eigenvalue weighted by Gasteiger charge is 2.15. The number of aromatic nitrogens is 3. The largest absolute Gasteiger partial charge is 0.352 e. The van der Waals surface area contributed by atoms with E-state index in [1.807, 2.05) is 7.05 Å². The van der Waals surface area contributed by atoms with Crippen LogP contribution in [-0.2, 0) is 11.8 Å². The Hall–Kier alpha value is -2.39. The molecule has 8 nitrogen and oxygen atoms in total. The lowest BCUT2D eigenvalue weighted by Gasteiger charge is -2.30. The quantitative estimate of drug-likeness (QED) is 0.469. The van der Waals surface area contributed by atoms with Gasteiger partial charge >= 0.3 is 0 Å². The number of benzene rings is 1. The summed E-state index contributed by atoms with van der Waals surface area (Å²) in [5.74, 6) is 0.778.